The maximum Gasteiger partial charge on any atom is 0.322 e. The third-order valence-corrected chi connectivity index (χ3v) is 6.82. The van der Waals surface area contributed by atoms with Gasteiger partial charge in [-0.2, -0.15) is 4.31 Å². The second-order valence-corrected chi connectivity index (χ2v) is 9.02. The second kappa shape index (κ2) is 10.2. The lowest BCUT2D eigenvalue weighted by molar-refractivity contribution is -0.384. The molecule has 0 bridgehead atoms. The molecule has 1 unspecified atom stereocenters. The number of ketones is 1. The average molecular weight is 468 g/mol. The quantitative estimate of drug-likeness (QED) is 0.274. The molecular formula is C23H20N2O7S. The fraction of sp³-hybridized carbons (Fsp3) is 0.130. The molecule has 9 nitrogen and oxygen atoms in total. The van der Waals surface area contributed by atoms with Crippen LogP contribution in [0.1, 0.15) is 15.9 Å². The zero-order valence-electron chi connectivity index (χ0n) is 17.3. The van der Waals surface area contributed by atoms with Gasteiger partial charge >= 0.3 is 5.97 Å². The lowest BCUT2D eigenvalue weighted by Crippen LogP contribution is -2.48. The summed E-state index contributed by atoms with van der Waals surface area (Å²) >= 11 is 0. The van der Waals surface area contributed by atoms with Gasteiger partial charge < -0.3 is 5.11 Å². The standard InChI is InChI=1S/C23H20N2O7S/c26-22(18-9-5-2-6-10-18)16-24(21(23(27)28)15-17-7-3-1-4-8-17)33(31,32)20-13-11-19(12-14-20)25(29)30/h1-14,21H,15-16H2,(H,27,28). The highest BCUT2D eigenvalue weighted by Gasteiger charge is 2.37. The van der Waals surface area contributed by atoms with E-state index in [1.165, 1.54) is 12.1 Å². The first-order valence-corrected chi connectivity index (χ1v) is 11.3. The van der Waals surface area contributed by atoms with Crippen molar-refractivity contribution in [3.63, 3.8) is 0 Å². The summed E-state index contributed by atoms with van der Waals surface area (Å²) in [6.45, 7) is -0.715. The number of carboxylic acids is 1. The number of nitro benzene ring substituents is 1. The zero-order valence-corrected chi connectivity index (χ0v) is 18.1. The van der Waals surface area contributed by atoms with E-state index in [0.717, 1.165) is 24.3 Å². The van der Waals surface area contributed by atoms with Gasteiger partial charge in [-0.1, -0.05) is 60.7 Å². The molecule has 0 aliphatic heterocycles. The molecule has 1 atom stereocenters. The summed E-state index contributed by atoms with van der Waals surface area (Å²) in [5, 5.41) is 20.8. The van der Waals surface area contributed by atoms with Gasteiger partial charge in [-0.15, -0.1) is 0 Å². The summed E-state index contributed by atoms with van der Waals surface area (Å²) in [5.41, 5.74) is 0.478. The Hall–Kier alpha value is -3.89. The number of aliphatic carboxylic acids is 1. The van der Waals surface area contributed by atoms with E-state index in [2.05, 4.69) is 0 Å². The maximum atomic E-state index is 13.5. The molecule has 0 saturated carbocycles. The molecule has 0 aliphatic carbocycles. The van der Waals surface area contributed by atoms with E-state index in [4.69, 9.17) is 0 Å². The first kappa shape index (κ1) is 23.8. The number of carbonyl (C=O) groups is 2. The molecular weight excluding hydrogens is 448 g/mol. The average Bonchev–Trinajstić information content (AvgIpc) is 2.82. The van der Waals surface area contributed by atoms with E-state index < -0.39 is 39.3 Å². The summed E-state index contributed by atoms with van der Waals surface area (Å²) < 4.78 is 27.6. The number of benzene rings is 3. The number of hydrogen-bond acceptors (Lipinski definition) is 6. The van der Waals surface area contributed by atoms with E-state index in [9.17, 15) is 33.2 Å². The molecule has 0 aromatic heterocycles. The Morgan fingerprint density at radius 3 is 1.97 bits per heavy atom. The summed E-state index contributed by atoms with van der Waals surface area (Å²) in [4.78, 5) is 34.9. The summed E-state index contributed by atoms with van der Waals surface area (Å²) in [6.07, 6.45) is -0.176. The van der Waals surface area contributed by atoms with Crippen molar-refractivity contribution >= 4 is 27.5 Å². The van der Waals surface area contributed by atoms with Crippen LogP contribution in [-0.2, 0) is 21.2 Å². The van der Waals surface area contributed by atoms with Gasteiger partial charge in [-0.3, -0.25) is 19.7 Å². The van der Waals surface area contributed by atoms with Crippen LogP contribution in [0.2, 0.25) is 0 Å². The minimum absolute atomic E-state index is 0.176. The largest absolute Gasteiger partial charge is 0.480 e. The van der Waals surface area contributed by atoms with Crippen LogP contribution in [0.25, 0.3) is 0 Å². The first-order valence-electron chi connectivity index (χ1n) is 9.81. The summed E-state index contributed by atoms with van der Waals surface area (Å²) in [6, 6.07) is 18.9. The van der Waals surface area contributed by atoms with Crippen molar-refractivity contribution in [1.29, 1.82) is 0 Å². The Balaban J connectivity index is 2.05. The molecule has 170 valence electrons. The molecule has 0 aliphatic rings. The highest BCUT2D eigenvalue weighted by molar-refractivity contribution is 7.89. The van der Waals surface area contributed by atoms with E-state index in [1.54, 1.807) is 48.5 Å². The Morgan fingerprint density at radius 1 is 0.909 bits per heavy atom. The van der Waals surface area contributed by atoms with E-state index in [1.807, 2.05) is 0 Å². The van der Waals surface area contributed by atoms with Gasteiger partial charge in [0.15, 0.2) is 5.78 Å². The van der Waals surface area contributed by atoms with Gasteiger partial charge in [-0.05, 0) is 24.1 Å². The van der Waals surface area contributed by atoms with Crippen LogP contribution >= 0.6 is 0 Å². The highest BCUT2D eigenvalue weighted by atomic mass is 32.2. The predicted octanol–water partition coefficient (Wildman–Crippen LogP) is 3.16. The zero-order chi connectivity index (χ0) is 24.0. The molecule has 33 heavy (non-hydrogen) atoms. The SMILES string of the molecule is O=C(CN(C(Cc1ccccc1)C(=O)O)S(=O)(=O)c1ccc([N+](=O)[O-])cc1)c1ccccc1. The van der Waals surface area contributed by atoms with Crippen molar-refractivity contribution in [3.8, 4) is 0 Å². The van der Waals surface area contributed by atoms with Crippen molar-refractivity contribution in [2.24, 2.45) is 0 Å². The molecule has 0 spiro atoms. The minimum Gasteiger partial charge on any atom is -0.480 e. The fourth-order valence-electron chi connectivity index (χ4n) is 3.24. The highest BCUT2D eigenvalue weighted by Crippen LogP contribution is 2.24. The molecule has 10 heteroatoms. The van der Waals surface area contributed by atoms with E-state index in [-0.39, 0.29) is 22.6 Å². The van der Waals surface area contributed by atoms with Gasteiger partial charge in [-0.25, -0.2) is 8.42 Å². The summed E-state index contributed by atoms with van der Waals surface area (Å²) in [5.74, 6) is -2.01. The third-order valence-electron chi connectivity index (χ3n) is 4.95. The van der Waals surface area contributed by atoms with Gasteiger partial charge in [0.1, 0.15) is 6.04 Å². The number of non-ortho nitro benzene ring substituents is 1. The molecule has 0 radical (unpaired) electrons. The first-order chi connectivity index (χ1) is 15.7. The van der Waals surface area contributed by atoms with Crippen LogP contribution in [0.4, 0.5) is 5.69 Å². The van der Waals surface area contributed by atoms with Crippen LogP contribution in [0.3, 0.4) is 0 Å². The number of Topliss-reactive ketones (excluding diaryl/α,β-unsaturated/α-hetero) is 1. The van der Waals surface area contributed by atoms with E-state index in [0.29, 0.717) is 9.87 Å². The molecule has 3 aromatic carbocycles. The number of hydrogen-bond donors (Lipinski definition) is 1. The van der Waals surface area contributed by atoms with Gasteiger partial charge in [0, 0.05) is 17.7 Å². The number of nitrogens with zero attached hydrogens (tertiary/aromatic N) is 2. The van der Waals surface area contributed by atoms with Crippen molar-refractivity contribution in [2.75, 3.05) is 6.54 Å². The molecule has 0 heterocycles. The summed E-state index contributed by atoms with van der Waals surface area (Å²) in [7, 11) is -4.50. The number of carbonyl (C=O) groups excluding carboxylic acids is 1. The maximum absolute atomic E-state index is 13.5. The van der Waals surface area contributed by atoms with Crippen LogP contribution in [0.15, 0.2) is 89.8 Å². The molecule has 0 fully saturated rings. The van der Waals surface area contributed by atoms with Crippen LogP contribution in [-0.4, -0.2) is 47.1 Å². The fourth-order valence-corrected chi connectivity index (χ4v) is 4.78. The van der Waals surface area contributed by atoms with Gasteiger partial charge in [0.2, 0.25) is 10.0 Å². The molecule has 1 N–H and O–H groups in total. The van der Waals surface area contributed by atoms with E-state index >= 15 is 0 Å². The van der Waals surface area contributed by atoms with Crippen molar-refractivity contribution in [1.82, 2.24) is 4.31 Å². The predicted molar refractivity (Wildman–Crippen MR) is 119 cm³/mol. The Labute approximate surface area is 190 Å². The number of carboxylic acid groups (broad SMARTS) is 1. The Morgan fingerprint density at radius 2 is 1.45 bits per heavy atom. The van der Waals surface area contributed by atoms with Crippen molar-refractivity contribution < 1.29 is 28.0 Å². The number of sulfonamides is 1. The minimum atomic E-state index is -4.50. The van der Waals surface area contributed by atoms with Crippen molar-refractivity contribution in [2.45, 2.75) is 17.4 Å². The molecule has 3 aromatic rings. The lowest BCUT2D eigenvalue weighted by atomic mass is 10.1. The normalized spacial score (nSPS) is 12.3. The second-order valence-electron chi connectivity index (χ2n) is 7.13. The van der Waals surface area contributed by atoms with Crippen molar-refractivity contribution in [3.05, 3.63) is 106 Å². The monoisotopic (exact) mass is 468 g/mol. The topological polar surface area (TPSA) is 135 Å². The van der Waals surface area contributed by atoms with Crippen LogP contribution < -0.4 is 0 Å². The third kappa shape index (κ3) is 5.68. The lowest BCUT2D eigenvalue weighted by Gasteiger charge is -2.28. The Kier molecular flexibility index (Phi) is 7.31. The Bertz CT molecular complexity index is 1240. The molecule has 0 amide bonds. The van der Waals surface area contributed by atoms with Crippen LogP contribution in [0.5, 0.6) is 0 Å². The van der Waals surface area contributed by atoms with Gasteiger partial charge in [0.05, 0.1) is 16.4 Å². The smallest absolute Gasteiger partial charge is 0.322 e. The van der Waals surface area contributed by atoms with Crippen LogP contribution in [0, 0.1) is 10.1 Å². The van der Waals surface area contributed by atoms with Gasteiger partial charge in [0.25, 0.3) is 5.69 Å². The molecule has 0 saturated heterocycles. The molecule has 3 rings (SSSR count). The number of rotatable bonds is 10. The number of nitro groups is 1.